The summed E-state index contributed by atoms with van der Waals surface area (Å²) in [6.07, 6.45) is 3.94. The van der Waals surface area contributed by atoms with E-state index in [0.717, 1.165) is 23.9 Å². The van der Waals surface area contributed by atoms with Crippen LogP contribution in [0.5, 0.6) is 0 Å². The van der Waals surface area contributed by atoms with Gasteiger partial charge in [-0.25, -0.2) is 9.97 Å². The van der Waals surface area contributed by atoms with Crippen molar-refractivity contribution in [2.75, 3.05) is 0 Å². The molecule has 1 fully saturated rings. The summed E-state index contributed by atoms with van der Waals surface area (Å²) in [6.45, 7) is 0. The molecular formula is C9H7Cl2N3. The molecule has 72 valence electrons. The Morgan fingerprint density at radius 1 is 1.36 bits per heavy atom. The lowest BCUT2D eigenvalue weighted by molar-refractivity contribution is 0.766. The van der Waals surface area contributed by atoms with Crippen molar-refractivity contribution in [3.63, 3.8) is 0 Å². The first-order valence-electron chi connectivity index (χ1n) is 4.45. The van der Waals surface area contributed by atoms with Gasteiger partial charge in [0.05, 0.1) is 5.52 Å². The molecule has 1 aliphatic rings. The van der Waals surface area contributed by atoms with E-state index >= 15 is 0 Å². The Hall–Kier alpha value is -0.800. The molecule has 0 radical (unpaired) electrons. The number of hydrogen-bond acceptors (Lipinski definition) is 2. The van der Waals surface area contributed by atoms with Crippen LogP contribution in [0.2, 0.25) is 10.4 Å². The van der Waals surface area contributed by atoms with E-state index in [0.29, 0.717) is 16.5 Å². The van der Waals surface area contributed by atoms with Gasteiger partial charge in [-0.05, 0) is 30.5 Å². The SMILES string of the molecule is Clc1nccc2nc(Cl)n(C3CC3)c12. The molecule has 14 heavy (non-hydrogen) atoms. The maximum Gasteiger partial charge on any atom is 0.204 e. The molecule has 2 aromatic rings. The molecule has 0 bridgehead atoms. The van der Waals surface area contributed by atoms with Gasteiger partial charge in [0.15, 0.2) is 5.15 Å². The summed E-state index contributed by atoms with van der Waals surface area (Å²) in [5.74, 6) is 0. The second-order valence-corrected chi connectivity index (χ2v) is 4.15. The number of aromatic nitrogens is 3. The highest BCUT2D eigenvalue weighted by atomic mass is 35.5. The molecule has 0 saturated heterocycles. The van der Waals surface area contributed by atoms with Gasteiger partial charge in [-0.15, -0.1) is 0 Å². The zero-order valence-corrected chi connectivity index (χ0v) is 8.76. The van der Waals surface area contributed by atoms with Gasteiger partial charge in [0.25, 0.3) is 0 Å². The lowest BCUT2D eigenvalue weighted by atomic mass is 10.4. The fourth-order valence-corrected chi connectivity index (χ4v) is 2.20. The highest BCUT2D eigenvalue weighted by Crippen LogP contribution is 2.41. The molecule has 2 heterocycles. The normalized spacial score (nSPS) is 16.4. The summed E-state index contributed by atoms with van der Waals surface area (Å²) in [4.78, 5) is 8.28. The largest absolute Gasteiger partial charge is 0.309 e. The Balaban J connectivity index is 2.39. The Morgan fingerprint density at radius 2 is 2.14 bits per heavy atom. The highest BCUT2D eigenvalue weighted by molar-refractivity contribution is 6.34. The minimum Gasteiger partial charge on any atom is -0.309 e. The quantitative estimate of drug-likeness (QED) is 0.702. The summed E-state index contributed by atoms with van der Waals surface area (Å²) < 4.78 is 1.98. The molecule has 0 aliphatic heterocycles. The first-order chi connectivity index (χ1) is 6.77. The molecule has 0 atom stereocenters. The van der Waals surface area contributed by atoms with Crippen LogP contribution in [-0.2, 0) is 0 Å². The maximum absolute atomic E-state index is 6.04. The van der Waals surface area contributed by atoms with Crippen LogP contribution in [0, 0.1) is 0 Å². The average Bonchev–Trinajstić information content (AvgIpc) is 2.90. The highest BCUT2D eigenvalue weighted by Gasteiger charge is 2.28. The lowest BCUT2D eigenvalue weighted by Gasteiger charge is -2.02. The Labute approximate surface area is 90.7 Å². The molecule has 0 unspecified atom stereocenters. The van der Waals surface area contributed by atoms with Gasteiger partial charge in [-0.3, -0.25) is 0 Å². The zero-order chi connectivity index (χ0) is 9.71. The van der Waals surface area contributed by atoms with Crippen LogP contribution < -0.4 is 0 Å². The van der Waals surface area contributed by atoms with E-state index in [2.05, 4.69) is 9.97 Å². The van der Waals surface area contributed by atoms with Gasteiger partial charge in [0.1, 0.15) is 5.52 Å². The Morgan fingerprint density at radius 3 is 2.86 bits per heavy atom. The first-order valence-corrected chi connectivity index (χ1v) is 5.21. The Bertz CT molecular complexity index is 502. The number of rotatable bonds is 1. The van der Waals surface area contributed by atoms with Crippen molar-refractivity contribution in [2.24, 2.45) is 0 Å². The van der Waals surface area contributed by atoms with Crippen LogP contribution in [0.1, 0.15) is 18.9 Å². The summed E-state index contributed by atoms with van der Waals surface area (Å²) in [5, 5.41) is 0.992. The molecule has 1 saturated carbocycles. The van der Waals surface area contributed by atoms with Crippen molar-refractivity contribution in [2.45, 2.75) is 18.9 Å². The summed E-state index contributed by atoms with van der Waals surface area (Å²) >= 11 is 12.1. The molecule has 2 aromatic heterocycles. The van der Waals surface area contributed by atoms with Gasteiger partial charge < -0.3 is 4.57 Å². The van der Waals surface area contributed by atoms with Crippen LogP contribution in [-0.4, -0.2) is 14.5 Å². The molecule has 0 spiro atoms. The maximum atomic E-state index is 6.04. The minimum absolute atomic E-state index is 0.467. The lowest BCUT2D eigenvalue weighted by Crippen LogP contribution is -1.94. The van der Waals surface area contributed by atoms with Crippen molar-refractivity contribution < 1.29 is 0 Å². The molecule has 3 rings (SSSR count). The standard InChI is InChI=1S/C9H7Cl2N3/c10-8-7-6(3-4-12-8)13-9(11)14(7)5-1-2-5/h3-5H,1-2H2. The number of fused-ring (bicyclic) bond motifs is 1. The molecule has 5 heteroatoms. The van der Waals surface area contributed by atoms with Crippen molar-refractivity contribution >= 4 is 34.2 Å². The van der Waals surface area contributed by atoms with E-state index in [-0.39, 0.29) is 0 Å². The van der Waals surface area contributed by atoms with Gasteiger partial charge in [0.2, 0.25) is 5.28 Å². The predicted octanol–water partition coefficient (Wildman–Crippen LogP) is 3.07. The molecule has 0 aromatic carbocycles. The summed E-state index contributed by atoms with van der Waals surface area (Å²) in [7, 11) is 0. The molecule has 1 aliphatic carbocycles. The third-order valence-corrected chi connectivity index (χ3v) is 2.97. The van der Waals surface area contributed by atoms with Crippen LogP contribution >= 0.6 is 23.2 Å². The van der Waals surface area contributed by atoms with Crippen LogP contribution in [0.25, 0.3) is 11.0 Å². The third-order valence-electron chi connectivity index (χ3n) is 2.42. The second-order valence-electron chi connectivity index (χ2n) is 3.45. The zero-order valence-electron chi connectivity index (χ0n) is 7.24. The number of hydrogen-bond donors (Lipinski definition) is 0. The van der Waals surface area contributed by atoms with E-state index in [1.807, 2.05) is 10.6 Å². The number of imidazole rings is 1. The number of nitrogens with zero attached hydrogens (tertiary/aromatic N) is 3. The smallest absolute Gasteiger partial charge is 0.204 e. The molecule has 0 N–H and O–H groups in total. The van der Waals surface area contributed by atoms with E-state index in [4.69, 9.17) is 23.2 Å². The topological polar surface area (TPSA) is 30.7 Å². The van der Waals surface area contributed by atoms with Crippen molar-refractivity contribution in [1.82, 2.24) is 14.5 Å². The van der Waals surface area contributed by atoms with E-state index < -0.39 is 0 Å². The van der Waals surface area contributed by atoms with Crippen molar-refractivity contribution in [3.8, 4) is 0 Å². The second kappa shape index (κ2) is 2.84. The number of halogens is 2. The monoisotopic (exact) mass is 227 g/mol. The van der Waals surface area contributed by atoms with Gasteiger partial charge in [0, 0.05) is 12.2 Å². The third kappa shape index (κ3) is 1.12. The fraction of sp³-hybridized carbons (Fsp3) is 0.333. The molecule has 0 amide bonds. The van der Waals surface area contributed by atoms with Gasteiger partial charge >= 0.3 is 0 Å². The first kappa shape index (κ1) is 8.50. The van der Waals surface area contributed by atoms with Crippen LogP contribution in [0.4, 0.5) is 0 Å². The van der Waals surface area contributed by atoms with Crippen LogP contribution in [0.15, 0.2) is 12.3 Å². The molecule has 3 nitrogen and oxygen atoms in total. The fourth-order valence-electron chi connectivity index (χ4n) is 1.64. The van der Waals surface area contributed by atoms with Crippen molar-refractivity contribution in [1.29, 1.82) is 0 Å². The van der Waals surface area contributed by atoms with E-state index in [1.54, 1.807) is 6.20 Å². The summed E-state index contributed by atoms with van der Waals surface area (Å²) in [5.41, 5.74) is 1.68. The van der Waals surface area contributed by atoms with Gasteiger partial charge in [-0.1, -0.05) is 11.6 Å². The minimum atomic E-state index is 0.467. The van der Waals surface area contributed by atoms with Crippen molar-refractivity contribution in [3.05, 3.63) is 22.7 Å². The van der Waals surface area contributed by atoms with E-state index in [9.17, 15) is 0 Å². The van der Waals surface area contributed by atoms with E-state index in [1.165, 1.54) is 0 Å². The number of pyridine rings is 1. The van der Waals surface area contributed by atoms with Crippen LogP contribution in [0.3, 0.4) is 0 Å². The molecular weight excluding hydrogens is 221 g/mol. The average molecular weight is 228 g/mol. The Kier molecular flexibility index (Phi) is 1.73. The predicted molar refractivity (Wildman–Crippen MR) is 55.8 cm³/mol. The van der Waals surface area contributed by atoms with Gasteiger partial charge in [-0.2, -0.15) is 0 Å². The summed E-state index contributed by atoms with van der Waals surface area (Å²) in [6, 6.07) is 2.29.